The Morgan fingerprint density at radius 1 is 1.41 bits per heavy atom. The van der Waals surface area contributed by atoms with E-state index in [0.717, 1.165) is 19.4 Å². The van der Waals surface area contributed by atoms with Crippen LogP contribution in [0.2, 0.25) is 0 Å². The third kappa shape index (κ3) is 4.45. The molecule has 17 heavy (non-hydrogen) atoms. The molecule has 0 heterocycles. The summed E-state index contributed by atoms with van der Waals surface area (Å²) in [6, 6.07) is 0.399. The summed E-state index contributed by atoms with van der Waals surface area (Å²) < 4.78 is 5.12. The van der Waals surface area contributed by atoms with Gasteiger partial charge in [0.15, 0.2) is 0 Å². The summed E-state index contributed by atoms with van der Waals surface area (Å²) in [5.41, 5.74) is 5.53. The maximum absolute atomic E-state index is 12.2. The number of nitrogens with two attached hydrogens (primary N) is 1. The van der Waals surface area contributed by atoms with Gasteiger partial charge in [0.05, 0.1) is 0 Å². The number of halogens is 1. The highest BCUT2D eigenvalue weighted by atomic mass is 35.5. The van der Waals surface area contributed by atoms with Crippen LogP contribution in [0.15, 0.2) is 0 Å². The molecule has 5 heteroatoms. The Kier molecular flexibility index (Phi) is 8.56. The highest BCUT2D eigenvalue weighted by Crippen LogP contribution is 2.23. The summed E-state index contributed by atoms with van der Waals surface area (Å²) >= 11 is 0. The quantitative estimate of drug-likeness (QED) is 0.820. The van der Waals surface area contributed by atoms with Crippen LogP contribution in [0.4, 0.5) is 0 Å². The second-order valence-electron chi connectivity index (χ2n) is 4.38. The van der Waals surface area contributed by atoms with Crippen molar-refractivity contribution < 1.29 is 9.53 Å². The van der Waals surface area contributed by atoms with Crippen LogP contribution in [-0.4, -0.2) is 43.2 Å². The molecule has 1 amide bonds. The molecule has 0 aliphatic heterocycles. The molecule has 0 saturated heterocycles. The van der Waals surface area contributed by atoms with E-state index in [4.69, 9.17) is 10.5 Å². The van der Waals surface area contributed by atoms with Crippen molar-refractivity contribution in [2.24, 2.45) is 5.73 Å². The van der Waals surface area contributed by atoms with E-state index < -0.39 is 6.10 Å². The minimum absolute atomic E-state index is 0. The van der Waals surface area contributed by atoms with Crippen molar-refractivity contribution in [3.63, 3.8) is 0 Å². The zero-order chi connectivity index (χ0) is 12.0. The van der Waals surface area contributed by atoms with Gasteiger partial charge in [0.2, 0.25) is 0 Å². The smallest absolute Gasteiger partial charge is 0.253 e. The Bertz CT molecular complexity index is 217. The number of rotatable bonds is 5. The minimum Gasteiger partial charge on any atom is -0.370 e. The molecule has 1 saturated carbocycles. The Morgan fingerprint density at radius 3 is 2.41 bits per heavy atom. The van der Waals surface area contributed by atoms with Gasteiger partial charge in [0.25, 0.3) is 5.91 Å². The Labute approximate surface area is 110 Å². The van der Waals surface area contributed by atoms with Crippen molar-refractivity contribution in [3.8, 4) is 0 Å². The number of carbonyl (C=O) groups excluding carboxylic acids is 1. The molecule has 0 bridgehead atoms. The second kappa shape index (κ2) is 8.72. The molecule has 4 nitrogen and oxygen atoms in total. The number of nitrogens with zero attached hydrogens (tertiary/aromatic N) is 1. The van der Waals surface area contributed by atoms with Gasteiger partial charge in [0.1, 0.15) is 6.10 Å². The van der Waals surface area contributed by atoms with E-state index in [1.807, 2.05) is 11.8 Å². The molecule has 0 radical (unpaired) electrons. The lowest BCUT2D eigenvalue weighted by Crippen LogP contribution is -2.49. The van der Waals surface area contributed by atoms with Crippen LogP contribution in [0.25, 0.3) is 0 Å². The summed E-state index contributed by atoms with van der Waals surface area (Å²) in [6.45, 7) is 3.04. The van der Waals surface area contributed by atoms with Crippen molar-refractivity contribution in [2.75, 3.05) is 20.2 Å². The third-order valence-corrected chi connectivity index (χ3v) is 3.41. The predicted molar refractivity (Wildman–Crippen MR) is 71.4 cm³/mol. The van der Waals surface area contributed by atoms with E-state index in [-0.39, 0.29) is 24.9 Å². The van der Waals surface area contributed by atoms with Gasteiger partial charge in [-0.15, -0.1) is 12.4 Å². The van der Waals surface area contributed by atoms with Crippen LogP contribution in [0.1, 0.15) is 39.0 Å². The van der Waals surface area contributed by atoms with Crippen molar-refractivity contribution in [2.45, 2.75) is 51.2 Å². The zero-order valence-electron chi connectivity index (χ0n) is 10.9. The number of amides is 1. The van der Waals surface area contributed by atoms with Gasteiger partial charge in [-0.25, -0.2) is 0 Å². The van der Waals surface area contributed by atoms with E-state index in [9.17, 15) is 4.79 Å². The van der Waals surface area contributed by atoms with Gasteiger partial charge >= 0.3 is 0 Å². The summed E-state index contributed by atoms with van der Waals surface area (Å²) in [6.07, 6.45) is 5.54. The van der Waals surface area contributed by atoms with Gasteiger partial charge in [-0.05, 0) is 19.8 Å². The van der Waals surface area contributed by atoms with Gasteiger partial charge in [-0.1, -0.05) is 19.3 Å². The standard InChI is InChI=1S/C12H24N2O2.ClH/c1-3-14(10-7-5-4-6-8-10)12(15)11(9-13)16-2;/h10-11H,3-9,13H2,1-2H3;1H. The molecule has 1 rings (SSSR count). The number of hydrogen-bond donors (Lipinski definition) is 1. The number of likely N-dealkylation sites (N-methyl/N-ethyl adjacent to an activating group) is 1. The van der Waals surface area contributed by atoms with Crippen LogP contribution in [0.5, 0.6) is 0 Å². The maximum atomic E-state index is 12.2. The molecule has 1 atom stereocenters. The van der Waals surface area contributed by atoms with Crippen molar-refractivity contribution >= 4 is 18.3 Å². The topological polar surface area (TPSA) is 55.6 Å². The molecule has 1 aliphatic rings. The molecule has 1 unspecified atom stereocenters. The molecular weight excluding hydrogens is 240 g/mol. The van der Waals surface area contributed by atoms with E-state index in [2.05, 4.69) is 0 Å². The Morgan fingerprint density at radius 2 is 2.00 bits per heavy atom. The maximum Gasteiger partial charge on any atom is 0.253 e. The summed E-state index contributed by atoms with van der Waals surface area (Å²) in [5.74, 6) is 0.0550. The second-order valence-corrected chi connectivity index (χ2v) is 4.38. The Hall–Kier alpha value is -0.320. The minimum atomic E-state index is -0.470. The number of hydrogen-bond acceptors (Lipinski definition) is 3. The van der Waals surface area contributed by atoms with E-state index in [1.54, 1.807) is 7.11 Å². The molecule has 1 fully saturated rings. The monoisotopic (exact) mass is 264 g/mol. The fraction of sp³-hybridized carbons (Fsp3) is 0.917. The largest absolute Gasteiger partial charge is 0.370 e. The summed E-state index contributed by atoms with van der Waals surface area (Å²) in [4.78, 5) is 14.1. The van der Waals surface area contributed by atoms with Crippen molar-refractivity contribution in [1.82, 2.24) is 4.90 Å². The third-order valence-electron chi connectivity index (χ3n) is 3.41. The van der Waals surface area contributed by atoms with Gasteiger partial charge < -0.3 is 15.4 Å². The van der Waals surface area contributed by atoms with Crippen LogP contribution in [-0.2, 0) is 9.53 Å². The van der Waals surface area contributed by atoms with Crippen LogP contribution < -0.4 is 5.73 Å². The molecule has 0 spiro atoms. The van der Waals surface area contributed by atoms with Crippen molar-refractivity contribution in [3.05, 3.63) is 0 Å². The molecule has 102 valence electrons. The first-order valence-electron chi connectivity index (χ1n) is 6.27. The number of methoxy groups -OCH3 is 1. The average molecular weight is 265 g/mol. The molecule has 0 aromatic rings. The fourth-order valence-electron chi connectivity index (χ4n) is 2.47. The normalized spacial score (nSPS) is 18.3. The first kappa shape index (κ1) is 16.7. The van der Waals surface area contributed by atoms with Gasteiger partial charge in [-0.3, -0.25) is 4.79 Å². The first-order chi connectivity index (χ1) is 7.74. The number of ether oxygens (including phenoxy) is 1. The molecule has 1 aliphatic carbocycles. The highest BCUT2D eigenvalue weighted by molar-refractivity contribution is 5.85. The van der Waals surface area contributed by atoms with Crippen molar-refractivity contribution in [1.29, 1.82) is 0 Å². The molecule has 0 aromatic heterocycles. The van der Waals surface area contributed by atoms with E-state index in [1.165, 1.54) is 19.3 Å². The fourth-order valence-corrected chi connectivity index (χ4v) is 2.47. The molecule has 2 N–H and O–H groups in total. The molecule has 0 aromatic carbocycles. The zero-order valence-corrected chi connectivity index (χ0v) is 11.7. The van der Waals surface area contributed by atoms with E-state index >= 15 is 0 Å². The van der Waals surface area contributed by atoms with Crippen LogP contribution in [0.3, 0.4) is 0 Å². The summed E-state index contributed by atoms with van der Waals surface area (Å²) in [5, 5.41) is 0. The highest BCUT2D eigenvalue weighted by Gasteiger charge is 2.28. The van der Waals surface area contributed by atoms with Gasteiger partial charge in [0, 0.05) is 26.2 Å². The van der Waals surface area contributed by atoms with Crippen LogP contribution in [0, 0.1) is 0 Å². The Balaban J connectivity index is 0.00000256. The lowest BCUT2D eigenvalue weighted by Gasteiger charge is -2.35. The predicted octanol–water partition coefficient (Wildman–Crippen LogP) is 1.56. The van der Waals surface area contributed by atoms with E-state index in [0.29, 0.717) is 6.04 Å². The lowest BCUT2D eigenvalue weighted by atomic mass is 9.94. The first-order valence-corrected chi connectivity index (χ1v) is 6.27. The molecular formula is C12H25ClN2O2. The average Bonchev–Trinajstić information content (AvgIpc) is 2.33. The SMILES string of the molecule is CCN(C(=O)C(CN)OC)C1CCCCC1.Cl. The van der Waals surface area contributed by atoms with Gasteiger partial charge in [-0.2, -0.15) is 0 Å². The number of carbonyl (C=O) groups is 1. The summed E-state index contributed by atoms with van der Waals surface area (Å²) in [7, 11) is 1.55. The van der Waals surface area contributed by atoms with Crippen LogP contribution >= 0.6 is 12.4 Å². The lowest BCUT2D eigenvalue weighted by molar-refractivity contribution is -0.144.